The van der Waals surface area contributed by atoms with Gasteiger partial charge in [-0.25, -0.2) is 0 Å². The van der Waals surface area contributed by atoms with Crippen LogP contribution < -0.4 is 10.6 Å². The Bertz CT molecular complexity index is 218. The van der Waals surface area contributed by atoms with E-state index in [0.29, 0.717) is 25.7 Å². The number of hydrogen-bond donors (Lipinski definition) is 2. The number of rotatable bonds is 8. The molecule has 2 N–H and O–H groups in total. The molecule has 17 heavy (non-hydrogen) atoms. The first kappa shape index (κ1) is 14.4. The highest BCUT2D eigenvalue weighted by Gasteiger charge is 2.17. The number of carbonyl (C=O) groups is 1. The first-order valence-electron chi connectivity index (χ1n) is 6.44. The van der Waals surface area contributed by atoms with Crippen molar-refractivity contribution in [3.8, 4) is 0 Å². The van der Waals surface area contributed by atoms with E-state index < -0.39 is 0 Å². The number of likely N-dealkylation sites (tertiary alicyclic amines) is 1. The molecule has 1 atom stereocenters. The maximum atomic E-state index is 11.5. The Hall–Kier alpha value is -0.650. The zero-order valence-electron chi connectivity index (χ0n) is 11.0. The fraction of sp³-hybridized carbons (Fsp3) is 0.917. The van der Waals surface area contributed by atoms with Gasteiger partial charge < -0.3 is 15.4 Å². The van der Waals surface area contributed by atoms with Crippen molar-refractivity contribution in [3.05, 3.63) is 0 Å². The summed E-state index contributed by atoms with van der Waals surface area (Å²) in [5.74, 6) is 0.0622. The van der Waals surface area contributed by atoms with Crippen LogP contribution in [-0.4, -0.2) is 63.3 Å². The van der Waals surface area contributed by atoms with Gasteiger partial charge in [0.2, 0.25) is 5.91 Å². The Morgan fingerprint density at radius 1 is 1.41 bits per heavy atom. The van der Waals surface area contributed by atoms with Gasteiger partial charge in [0, 0.05) is 26.2 Å². The third-order valence-corrected chi connectivity index (χ3v) is 3.13. The number of methoxy groups -OCH3 is 1. The molecule has 1 saturated heterocycles. The van der Waals surface area contributed by atoms with E-state index in [9.17, 15) is 4.79 Å². The van der Waals surface area contributed by atoms with Gasteiger partial charge in [0.15, 0.2) is 0 Å². The molecule has 5 nitrogen and oxygen atoms in total. The summed E-state index contributed by atoms with van der Waals surface area (Å²) < 4.78 is 4.89. The summed E-state index contributed by atoms with van der Waals surface area (Å²) in [6.07, 6.45) is 2.58. The van der Waals surface area contributed by atoms with E-state index in [-0.39, 0.29) is 5.91 Å². The Labute approximate surface area is 104 Å². The fourth-order valence-corrected chi connectivity index (χ4v) is 2.01. The van der Waals surface area contributed by atoms with Crippen LogP contribution in [0.25, 0.3) is 0 Å². The molecule has 0 aromatic heterocycles. The summed E-state index contributed by atoms with van der Waals surface area (Å²) in [4.78, 5) is 13.9. The molecule has 0 aromatic carbocycles. The highest BCUT2D eigenvalue weighted by Crippen LogP contribution is 2.10. The average Bonchev–Trinajstić information content (AvgIpc) is 2.85. The van der Waals surface area contributed by atoms with E-state index in [1.54, 1.807) is 7.11 Å². The van der Waals surface area contributed by atoms with Crippen LogP contribution in [0.3, 0.4) is 0 Å². The normalized spacial score (nSPS) is 18.2. The van der Waals surface area contributed by atoms with Crippen molar-refractivity contribution < 1.29 is 9.53 Å². The SMILES string of the molecule is COCCNCC(=O)NCC(C)N1CCCC1. The summed E-state index contributed by atoms with van der Waals surface area (Å²) in [6.45, 7) is 6.97. The molecular formula is C12H25N3O2. The van der Waals surface area contributed by atoms with E-state index in [1.165, 1.54) is 25.9 Å². The van der Waals surface area contributed by atoms with E-state index in [1.807, 2.05) is 0 Å². The molecule has 100 valence electrons. The van der Waals surface area contributed by atoms with Crippen LogP contribution in [-0.2, 0) is 9.53 Å². The number of ether oxygens (including phenoxy) is 1. The fourth-order valence-electron chi connectivity index (χ4n) is 2.01. The second-order valence-electron chi connectivity index (χ2n) is 4.57. The molecular weight excluding hydrogens is 218 g/mol. The predicted molar refractivity (Wildman–Crippen MR) is 68.0 cm³/mol. The molecule has 1 amide bonds. The van der Waals surface area contributed by atoms with E-state index in [0.717, 1.165) is 6.54 Å². The van der Waals surface area contributed by atoms with Gasteiger partial charge >= 0.3 is 0 Å². The number of nitrogens with one attached hydrogen (secondary N) is 2. The predicted octanol–water partition coefficient (Wildman–Crippen LogP) is -0.177. The molecule has 0 aliphatic carbocycles. The highest BCUT2D eigenvalue weighted by atomic mass is 16.5. The van der Waals surface area contributed by atoms with Gasteiger partial charge in [-0.3, -0.25) is 9.69 Å². The zero-order chi connectivity index (χ0) is 12.5. The molecule has 1 rings (SSSR count). The smallest absolute Gasteiger partial charge is 0.234 e. The lowest BCUT2D eigenvalue weighted by atomic mass is 10.3. The molecule has 1 fully saturated rings. The molecule has 1 unspecified atom stereocenters. The van der Waals surface area contributed by atoms with Gasteiger partial charge in [0.25, 0.3) is 0 Å². The minimum absolute atomic E-state index is 0.0622. The van der Waals surface area contributed by atoms with Gasteiger partial charge in [-0.05, 0) is 32.9 Å². The summed E-state index contributed by atoms with van der Waals surface area (Å²) >= 11 is 0. The maximum absolute atomic E-state index is 11.5. The Morgan fingerprint density at radius 2 is 2.12 bits per heavy atom. The third-order valence-electron chi connectivity index (χ3n) is 3.13. The van der Waals surface area contributed by atoms with Gasteiger partial charge in [-0.2, -0.15) is 0 Å². The number of nitrogens with zero attached hydrogens (tertiary/aromatic N) is 1. The Kier molecular flexibility index (Phi) is 7.16. The number of amides is 1. The van der Waals surface area contributed by atoms with Crippen molar-refractivity contribution in [2.24, 2.45) is 0 Å². The standard InChI is InChI=1S/C12H25N3O2/c1-11(15-6-3-4-7-15)9-14-12(16)10-13-5-8-17-2/h11,13H,3-10H2,1-2H3,(H,14,16). The largest absolute Gasteiger partial charge is 0.383 e. The van der Waals surface area contributed by atoms with Gasteiger partial charge in [-0.1, -0.05) is 0 Å². The minimum atomic E-state index is 0.0622. The van der Waals surface area contributed by atoms with Crippen molar-refractivity contribution in [1.82, 2.24) is 15.5 Å². The summed E-state index contributed by atoms with van der Waals surface area (Å²) in [6, 6.07) is 0.445. The van der Waals surface area contributed by atoms with Gasteiger partial charge in [0.1, 0.15) is 0 Å². The van der Waals surface area contributed by atoms with Crippen LogP contribution >= 0.6 is 0 Å². The molecule has 0 saturated carbocycles. The van der Waals surface area contributed by atoms with Crippen molar-refractivity contribution in [2.45, 2.75) is 25.8 Å². The molecule has 0 radical (unpaired) electrons. The Balaban J connectivity index is 2.02. The van der Waals surface area contributed by atoms with Crippen molar-refractivity contribution >= 4 is 5.91 Å². The average molecular weight is 243 g/mol. The first-order chi connectivity index (χ1) is 8.24. The third kappa shape index (κ3) is 6.00. The molecule has 1 heterocycles. The van der Waals surface area contributed by atoms with Crippen LogP contribution in [0.2, 0.25) is 0 Å². The molecule has 0 aromatic rings. The molecule has 1 aliphatic rings. The Morgan fingerprint density at radius 3 is 2.76 bits per heavy atom. The van der Waals surface area contributed by atoms with E-state index in [4.69, 9.17) is 4.74 Å². The van der Waals surface area contributed by atoms with Crippen molar-refractivity contribution in [3.63, 3.8) is 0 Å². The topological polar surface area (TPSA) is 53.6 Å². The molecule has 0 spiro atoms. The van der Waals surface area contributed by atoms with E-state index >= 15 is 0 Å². The minimum Gasteiger partial charge on any atom is -0.383 e. The zero-order valence-corrected chi connectivity index (χ0v) is 11.0. The monoisotopic (exact) mass is 243 g/mol. The highest BCUT2D eigenvalue weighted by molar-refractivity contribution is 5.77. The van der Waals surface area contributed by atoms with Crippen LogP contribution in [0.5, 0.6) is 0 Å². The summed E-state index contributed by atoms with van der Waals surface area (Å²) in [7, 11) is 1.65. The van der Waals surface area contributed by atoms with Crippen molar-refractivity contribution in [2.75, 3.05) is 46.4 Å². The van der Waals surface area contributed by atoms with Crippen LogP contribution in [0.4, 0.5) is 0 Å². The second-order valence-corrected chi connectivity index (χ2v) is 4.57. The lowest BCUT2D eigenvalue weighted by molar-refractivity contribution is -0.120. The number of hydrogen-bond acceptors (Lipinski definition) is 4. The number of carbonyl (C=O) groups excluding carboxylic acids is 1. The second kappa shape index (κ2) is 8.44. The summed E-state index contributed by atoms with van der Waals surface area (Å²) in [5.41, 5.74) is 0. The lowest BCUT2D eigenvalue weighted by Gasteiger charge is -2.23. The van der Waals surface area contributed by atoms with Crippen molar-refractivity contribution in [1.29, 1.82) is 0 Å². The first-order valence-corrected chi connectivity index (χ1v) is 6.44. The van der Waals surface area contributed by atoms with Gasteiger partial charge in [0.05, 0.1) is 13.2 Å². The van der Waals surface area contributed by atoms with Crippen LogP contribution in [0.15, 0.2) is 0 Å². The van der Waals surface area contributed by atoms with Crippen LogP contribution in [0.1, 0.15) is 19.8 Å². The quantitative estimate of drug-likeness (QED) is 0.581. The maximum Gasteiger partial charge on any atom is 0.234 e. The van der Waals surface area contributed by atoms with Gasteiger partial charge in [-0.15, -0.1) is 0 Å². The van der Waals surface area contributed by atoms with E-state index in [2.05, 4.69) is 22.5 Å². The summed E-state index contributed by atoms with van der Waals surface area (Å²) in [5, 5.41) is 5.98. The lowest BCUT2D eigenvalue weighted by Crippen LogP contribution is -2.43. The molecule has 1 aliphatic heterocycles. The molecule has 5 heteroatoms. The van der Waals surface area contributed by atoms with Crippen LogP contribution in [0, 0.1) is 0 Å². The molecule has 0 bridgehead atoms.